The minimum Gasteiger partial charge on any atom is -0.337 e. The largest absolute Gasteiger partial charge is 0.337 e. The minimum absolute atomic E-state index is 0.0766. The topological polar surface area (TPSA) is 32.3 Å². The number of nitrogens with one attached hydrogen (secondary N) is 1. The van der Waals surface area contributed by atoms with Crippen molar-refractivity contribution in [2.24, 2.45) is 5.92 Å². The molecule has 2 amide bonds. The monoisotopic (exact) mass is 232 g/mol. The highest BCUT2D eigenvalue weighted by Crippen LogP contribution is 2.10. The predicted molar refractivity (Wildman–Crippen MR) is 70.0 cm³/mol. The first-order valence-corrected chi connectivity index (χ1v) is 6.08. The maximum Gasteiger partial charge on any atom is 0.325 e. The first-order valence-electron chi connectivity index (χ1n) is 6.08. The van der Waals surface area contributed by atoms with Crippen LogP contribution in [0.15, 0.2) is 24.6 Å². The number of unbranched alkanes of at least 4 members (excludes halogenated alkanes) is 2. The third-order valence-corrected chi connectivity index (χ3v) is 2.61. The Morgan fingerprint density at radius 1 is 1.53 bits per heavy atom. The Bertz CT molecular complexity index is 339. The van der Waals surface area contributed by atoms with E-state index in [1.54, 1.807) is 4.90 Å². The van der Waals surface area contributed by atoms with Gasteiger partial charge in [-0.3, -0.25) is 4.90 Å². The number of amides is 2. The molecule has 17 heavy (non-hydrogen) atoms. The van der Waals surface area contributed by atoms with Gasteiger partial charge in [0, 0.05) is 25.4 Å². The summed E-state index contributed by atoms with van der Waals surface area (Å²) in [6.07, 6.45) is 16.5. The standard InChI is InChI=1S/C14H20N2O/c1-3-4-5-6-10-15-14(17)16-11-7-8-13(2)9-12-16/h1,7,9,11-13H,4-6,8,10H2,2H3,(H,15,17). The Labute approximate surface area is 104 Å². The second-order valence-electron chi connectivity index (χ2n) is 4.24. The molecule has 3 heteroatoms. The number of urea groups is 1. The lowest BCUT2D eigenvalue weighted by molar-refractivity contribution is 0.226. The summed E-state index contributed by atoms with van der Waals surface area (Å²) in [6.45, 7) is 2.80. The second-order valence-corrected chi connectivity index (χ2v) is 4.24. The van der Waals surface area contributed by atoms with Crippen molar-refractivity contribution in [3.05, 3.63) is 24.6 Å². The Kier molecular flexibility index (Phi) is 5.95. The van der Waals surface area contributed by atoms with Crippen LogP contribution in [-0.2, 0) is 0 Å². The molecule has 0 saturated heterocycles. The quantitative estimate of drug-likeness (QED) is 0.586. The fourth-order valence-corrected chi connectivity index (χ4v) is 1.53. The molecule has 1 unspecified atom stereocenters. The average molecular weight is 232 g/mol. The van der Waals surface area contributed by atoms with Gasteiger partial charge in [-0.25, -0.2) is 4.79 Å². The van der Waals surface area contributed by atoms with Crippen molar-refractivity contribution in [2.75, 3.05) is 6.54 Å². The Balaban J connectivity index is 2.28. The molecule has 1 aliphatic rings. The van der Waals surface area contributed by atoms with Crippen LogP contribution < -0.4 is 5.32 Å². The molecule has 0 bridgehead atoms. The molecule has 1 N–H and O–H groups in total. The highest BCUT2D eigenvalue weighted by atomic mass is 16.2. The molecule has 3 nitrogen and oxygen atoms in total. The Morgan fingerprint density at radius 2 is 2.35 bits per heavy atom. The van der Waals surface area contributed by atoms with Gasteiger partial charge in [0.1, 0.15) is 0 Å². The van der Waals surface area contributed by atoms with E-state index in [0.717, 1.165) is 25.7 Å². The van der Waals surface area contributed by atoms with E-state index in [0.29, 0.717) is 12.5 Å². The lowest BCUT2D eigenvalue weighted by atomic mass is 10.1. The summed E-state index contributed by atoms with van der Waals surface area (Å²) in [5.41, 5.74) is 0. The summed E-state index contributed by atoms with van der Waals surface area (Å²) in [6, 6.07) is -0.0766. The molecule has 0 radical (unpaired) electrons. The lowest BCUT2D eigenvalue weighted by Crippen LogP contribution is -2.33. The first-order chi connectivity index (χ1) is 8.24. The fraction of sp³-hybridized carbons (Fsp3) is 0.500. The molecule has 1 rings (SSSR count). The number of carbonyl (C=O) groups excluding carboxylic acids is 1. The molecule has 0 saturated carbocycles. The molecule has 1 atom stereocenters. The van der Waals surface area contributed by atoms with Crippen molar-refractivity contribution < 1.29 is 4.79 Å². The minimum atomic E-state index is -0.0766. The SMILES string of the molecule is C#CCCCCNC(=O)N1C=CCC(C)C=C1. The summed E-state index contributed by atoms with van der Waals surface area (Å²) < 4.78 is 0. The van der Waals surface area contributed by atoms with E-state index >= 15 is 0 Å². The second kappa shape index (κ2) is 7.56. The zero-order chi connectivity index (χ0) is 12.5. The van der Waals surface area contributed by atoms with Crippen molar-refractivity contribution in [1.29, 1.82) is 0 Å². The van der Waals surface area contributed by atoms with Crippen molar-refractivity contribution >= 4 is 6.03 Å². The van der Waals surface area contributed by atoms with Crippen LogP contribution in [-0.4, -0.2) is 17.5 Å². The van der Waals surface area contributed by atoms with Crippen LogP contribution in [0.3, 0.4) is 0 Å². The smallest absolute Gasteiger partial charge is 0.325 e. The normalized spacial score (nSPS) is 18.6. The van der Waals surface area contributed by atoms with Crippen LogP contribution in [0, 0.1) is 18.3 Å². The highest BCUT2D eigenvalue weighted by molar-refractivity contribution is 5.76. The van der Waals surface area contributed by atoms with E-state index in [2.05, 4.69) is 18.2 Å². The number of terminal acetylenes is 1. The van der Waals surface area contributed by atoms with Gasteiger partial charge in [-0.1, -0.05) is 19.1 Å². The molecular weight excluding hydrogens is 212 g/mol. The van der Waals surface area contributed by atoms with E-state index in [-0.39, 0.29) is 6.03 Å². The predicted octanol–water partition coefficient (Wildman–Crippen LogP) is 2.87. The van der Waals surface area contributed by atoms with Gasteiger partial charge in [0.2, 0.25) is 0 Å². The summed E-state index contributed by atoms with van der Waals surface area (Å²) in [5.74, 6) is 3.07. The van der Waals surface area contributed by atoms with Gasteiger partial charge in [-0.05, 0) is 25.2 Å². The van der Waals surface area contributed by atoms with Crippen LogP contribution in [0.5, 0.6) is 0 Å². The van der Waals surface area contributed by atoms with Crippen molar-refractivity contribution in [3.63, 3.8) is 0 Å². The van der Waals surface area contributed by atoms with Gasteiger partial charge >= 0.3 is 6.03 Å². The van der Waals surface area contributed by atoms with Gasteiger partial charge < -0.3 is 5.32 Å². The molecule has 0 spiro atoms. The zero-order valence-electron chi connectivity index (χ0n) is 10.4. The summed E-state index contributed by atoms with van der Waals surface area (Å²) in [7, 11) is 0. The molecule has 0 aliphatic carbocycles. The number of hydrogen-bond donors (Lipinski definition) is 1. The number of allylic oxidation sites excluding steroid dienone is 2. The van der Waals surface area contributed by atoms with E-state index in [9.17, 15) is 4.79 Å². The van der Waals surface area contributed by atoms with Crippen molar-refractivity contribution in [2.45, 2.75) is 32.6 Å². The molecule has 92 valence electrons. The average Bonchev–Trinajstić information content (AvgIpc) is 2.53. The highest BCUT2D eigenvalue weighted by Gasteiger charge is 2.09. The number of hydrogen-bond acceptors (Lipinski definition) is 1. The number of carbonyl (C=O) groups is 1. The molecule has 0 aromatic rings. The maximum absolute atomic E-state index is 11.8. The Hall–Kier alpha value is -1.69. The first kappa shape index (κ1) is 13.4. The fourth-order valence-electron chi connectivity index (χ4n) is 1.53. The number of nitrogens with zero attached hydrogens (tertiary/aromatic N) is 1. The van der Waals surface area contributed by atoms with Crippen LogP contribution in [0.4, 0.5) is 4.79 Å². The maximum atomic E-state index is 11.8. The third-order valence-electron chi connectivity index (χ3n) is 2.61. The zero-order valence-corrected chi connectivity index (χ0v) is 10.4. The number of rotatable bonds is 4. The van der Waals surface area contributed by atoms with Crippen molar-refractivity contribution in [1.82, 2.24) is 10.2 Å². The molecular formula is C14H20N2O. The third kappa shape index (κ3) is 5.26. The summed E-state index contributed by atoms with van der Waals surface area (Å²) in [4.78, 5) is 13.4. The van der Waals surface area contributed by atoms with Crippen LogP contribution in [0.25, 0.3) is 0 Å². The Morgan fingerprint density at radius 3 is 3.12 bits per heavy atom. The van der Waals surface area contributed by atoms with Crippen LogP contribution >= 0.6 is 0 Å². The van der Waals surface area contributed by atoms with E-state index in [1.165, 1.54) is 0 Å². The van der Waals surface area contributed by atoms with Gasteiger partial charge in [0.15, 0.2) is 0 Å². The van der Waals surface area contributed by atoms with E-state index in [1.807, 2.05) is 24.6 Å². The van der Waals surface area contributed by atoms with Crippen LogP contribution in [0.1, 0.15) is 32.6 Å². The van der Waals surface area contributed by atoms with Crippen molar-refractivity contribution in [3.8, 4) is 12.3 Å². The summed E-state index contributed by atoms with van der Waals surface area (Å²) >= 11 is 0. The lowest BCUT2D eigenvalue weighted by Gasteiger charge is -2.13. The molecule has 0 fully saturated rings. The molecule has 0 aromatic carbocycles. The van der Waals surface area contributed by atoms with Gasteiger partial charge in [-0.2, -0.15) is 0 Å². The molecule has 0 aromatic heterocycles. The van der Waals surface area contributed by atoms with Crippen LogP contribution in [0.2, 0.25) is 0 Å². The van der Waals surface area contributed by atoms with Gasteiger partial charge in [-0.15, -0.1) is 12.3 Å². The molecule has 1 heterocycles. The van der Waals surface area contributed by atoms with Gasteiger partial charge in [0.05, 0.1) is 0 Å². The molecule has 1 aliphatic heterocycles. The van der Waals surface area contributed by atoms with E-state index < -0.39 is 0 Å². The van der Waals surface area contributed by atoms with Gasteiger partial charge in [0.25, 0.3) is 0 Å². The summed E-state index contributed by atoms with van der Waals surface area (Å²) in [5, 5.41) is 2.87. The van der Waals surface area contributed by atoms with E-state index in [4.69, 9.17) is 6.42 Å².